The van der Waals surface area contributed by atoms with Gasteiger partial charge in [0.05, 0.1) is 27.8 Å². The maximum Gasteiger partial charge on any atom is 0.417 e. The SMILES string of the molecule is N#Cc1cccc(-c2ccc(C3(OCC(=O)Nc4ccc(Cl)c(C(F)(F)F)c4)CCN(CC4CC4)CC3)cc2)c1. The summed E-state index contributed by atoms with van der Waals surface area (Å²) in [5, 5.41) is 11.3. The summed E-state index contributed by atoms with van der Waals surface area (Å²) in [6, 6.07) is 20.8. The Kier molecular flexibility index (Phi) is 8.18. The number of alkyl halides is 3. The fraction of sp³-hybridized carbons (Fsp3) is 0.355. The number of carbonyl (C=O) groups is 1. The van der Waals surface area contributed by atoms with Crippen LogP contribution >= 0.6 is 11.6 Å². The van der Waals surface area contributed by atoms with Gasteiger partial charge in [-0.15, -0.1) is 0 Å². The first-order chi connectivity index (χ1) is 19.1. The first-order valence-electron chi connectivity index (χ1n) is 13.3. The van der Waals surface area contributed by atoms with Crippen LogP contribution in [-0.4, -0.2) is 37.0 Å². The molecule has 3 aromatic carbocycles. The molecule has 5 nitrogen and oxygen atoms in total. The summed E-state index contributed by atoms with van der Waals surface area (Å²) in [7, 11) is 0. The van der Waals surface area contributed by atoms with Gasteiger partial charge in [-0.3, -0.25) is 4.79 Å². The lowest BCUT2D eigenvalue weighted by atomic mass is 9.83. The molecule has 9 heteroatoms. The second-order valence-electron chi connectivity index (χ2n) is 10.5. The van der Waals surface area contributed by atoms with Gasteiger partial charge in [-0.1, -0.05) is 48.0 Å². The van der Waals surface area contributed by atoms with E-state index in [0.717, 1.165) is 54.4 Å². The van der Waals surface area contributed by atoms with Crippen molar-refractivity contribution in [3.05, 3.63) is 88.4 Å². The lowest BCUT2D eigenvalue weighted by molar-refractivity contribution is -0.137. The Bertz CT molecular complexity index is 1410. The molecule has 40 heavy (non-hydrogen) atoms. The molecule has 1 aliphatic carbocycles. The lowest BCUT2D eigenvalue weighted by Gasteiger charge is -2.42. The number of amides is 1. The minimum Gasteiger partial charge on any atom is -0.360 e. The first-order valence-corrected chi connectivity index (χ1v) is 13.7. The number of ether oxygens (including phenoxy) is 1. The maximum atomic E-state index is 13.2. The molecular weight excluding hydrogens is 539 g/mol. The van der Waals surface area contributed by atoms with Crippen molar-refractivity contribution in [2.24, 2.45) is 5.92 Å². The Hall–Kier alpha value is -3.38. The minimum absolute atomic E-state index is 0.00239. The molecule has 1 aliphatic heterocycles. The van der Waals surface area contributed by atoms with E-state index in [0.29, 0.717) is 18.4 Å². The standard InChI is InChI=1S/C31H29ClF3N3O2/c32-28-11-10-26(17-27(28)31(33,34)35)37-29(39)20-40-30(12-14-38(15-13-30)19-21-4-5-21)25-8-6-23(7-9-25)24-3-1-2-22(16-24)18-36/h1-3,6-11,16-17,21H,4-5,12-15,19-20H2,(H,37,39). The van der Waals surface area contributed by atoms with Crippen molar-refractivity contribution in [1.82, 2.24) is 4.90 Å². The molecule has 5 rings (SSSR count). The van der Waals surface area contributed by atoms with E-state index in [2.05, 4.69) is 16.3 Å². The molecule has 0 unspecified atom stereocenters. The number of hydrogen-bond donors (Lipinski definition) is 1. The number of likely N-dealkylation sites (tertiary alicyclic amines) is 1. The number of rotatable bonds is 8. The summed E-state index contributed by atoms with van der Waals surface area (Å²) in [5.41, 5.74) is 1.71. The van der Waals surface area contributed by atoms with Crippen LogP contribution in [-0.2, 0) is 21.3 Å². The van der Waals surface area contributed by atoms with Crippen LogP contribution in [0.2, 0.25) is 5.02 Å². The molecule has 0 aromatic heterocycles. The van der Waals surface area contributed by atoms with Gasteiger partial charge in [0.2, 0.25) is 5.91 Å². The zero-order valence-corrected chi connectivity index (χ0v) is 22.6. The van der Waals surface area contributed by atoms with Crippen molar-refractivity contribution in [1.29, 1.82) is 5.26 Å². The highest BCUT2D eigenvalue weighted by molar-refractivity contribution is 6.31. The highest BCUT2D eigenvalue weighted by Gasteiger charge is 2.39. The minimum atomic E-state index is -4.63. The van der Waals surface area contributed by atoms with E-state index >= 15 is 0 Å². The molecule has 1 N–H and O–H groups in total. The third-order valence-electron chi connectivity index (χ3n) is 7.65. The van der Waals surface area contributed by atoms with E-state index in [-0.39, 0.29) is 12.3 Å². The number of benzene rings is 3. The van der Waals surface area contributed by atoms with Crippen LogP contribution < -0.4 is 5.32 Å². The van der Waals surface area contributed by atoms with Crippen molar-refractivity contribution < 1.29 is 22.7 Å². The predicted octanol–water partition coefficient (Wildman–Crippen LogP) is 7.25. The average molecular weight is 568 g/mol. The summed E-state index contributed by atoms with van der Waals surface area (Å²) in [5.74, 6) is 0.226. The molecule has 1 saturated carbocycles. The molecule has 0 bridgehead atoms. The molecule has 2 aliphatic rings. The largest absolute Gasteiger partial charge is 0.417 e. The van der Waals surface area contributed by atoms with Gasteiger partial charge in [0.1, 0.15) is 6.61 Å². The van der Waals surface area contributed by atoms with Gasteiger partial charge in [-0.25, -0.2) is 0 Å². The van der Waals surface area contributed by atoms with Crippen LogP contribution in [0.4, 0.5) is 18.9 Å². The van der Waals surface area contributed by atoms with E-state index in [4.69, 9.17) is 16.3 Å². The summed E-state index contributed by atoms with van der Waals surface area (Å²) in [4.78, 5) is 15.2. The van der Waals surface area contributed by atoms with E-state index in [1.807, 2.05) is 42.5 Å². The van der Waals surface area contributed by atoms with Crippen LogP contribution in [0.25, 0.3) is 11.1 Å². The van der Waals surface area contributed by atoms with Crippen LogP contribution in [0.5, 0.6) is 0 Å². The summed E-state index contributed by atoms with van der Waals surface area (Å²) in [6.07, 6.45) is -0.708. The molecule has 2 fully saturated rings. The number of carbonyl (C=O) groups excluding carboxylic acids is 1. The fourth-order valence-electron chi connectivity index (χ4n) is 5.23. The normalized spacial score (nSPS) is 17.3. The van der Waals surface area contributed by atoms with E-state index in [9.17, 15) is 23.2 Å². The van der Waals surface area contributed by atoms with Gasteiger partial charge in [-0.05, 0) is 78.6 Å². The van der Waals surface area contributed by atoms with Crippen molar-refractivity contribution in [2.75, 3.05) is 31.6 Å². The molecule has 1 amide bonds. The van der Waals surface area contributed by atoms with Gasteiger partial charge in [0, 0.05) is 25.3 Å². The molecule has 1 saturated heterocycles. The Morgan fingerprint density at radius 3 is 2.42 bits per heavy atom. The van der Waals surface area contributed by atoms with Crippen molar-refractivity contribution in [2.45, 2.75) is 37.5 Å². The Balaban J connectivity index is 1.32. The second-order valence-corrected chi connectivity index (χ2v) is 10.9. The number of piperidine rings is 1. The number of hydrogen-bond acceptors (Lipinski definition) is 4. The lowest BCUT2D eigenvalue weighted by Crippen LogP contribution is -2.45. The zero-order valence-electron chi connectivity index (χ0n) is 21.8. The number of nitrogens with zero attached hydrogens (tertiary/aromatic N) is 2. The van der Waals surface area contributed by atoms with E-state index in [1.54, 1.807) is 6.07 Å². The zero-order chi connectivity index (χ0) is 28.3. The van der Waals surface area contributed by atoms with Crippen LogP contribution in [0, 0.1) is 17.2 Å². The Morgan fingerprint density at radius 2 is 1.77 bits per heavy atom. The molecule has 1 heterocycles. The van der Waals surface area contributed by atoms with Gasteiger partial charge in [0.15, 0.2) is 0 Å². The van der Waals surface area contributed by atoms with Crippen LogP contribution in [0.1, 0.15) is 42.4 Å². The number of anilines is 1. The predicted molar refractivity (Wildman–Crippen MR) is 148 cm³/mol. The third-order valence-corrected chi connectivity index (χ3v) is 7.98. The van der Waals surface area contributed by atoms with Gasteiger partial charge in [-0.2, -0.15) is 18.4 Å². The highest BCUT2D eigenvalue weighted by atomic mass is 35.5. The Morgan fingerprint density at radius 1 is 1.05 bits per heavy atom. The molecule has 0 radical (unpaired) electrons. The maximum absolute atomic E-state index is 13.2. The monoisotopic (exact) mass is 567 g/mol. The van der Waals surface area contributed by atoms with Gasteiger partial charge < -0.3 is 15.0 Å². The van der Waals surface area contributed by atoms with Crippen LogP contribution in [0.3, 0.4) is 0 Å². The fourth-order valence-corrected chi connectivity index (χ4v) is 5.46. The Labute approximate surface area is 236 Å². The van der Waals surface area contributed by atoms with Crippen molar-refractivity contribution in [3.63, 3.8) is 0 Å². The van der Waals surface area contributed by atoms with Crippen LogP contribution in [0.15, 0.2) is 66.7 Å². The van der Waals surface area contributed by atoms with Crippen molar-refractivity contribution >= 4 is 23.2 Å². The first kappa shape index (κ1) is 28.2. The number of nitrogens with one attached hydrogen (secondary N) is 1. The summed E-state index contributed by atoms with van der Waals surface area (Å²) >= 11 is 5.70. The quantitative estimate of drug-likeness (QED) is 0.311. The van der Waals surface area contributed by atoms with E-state index < -0.39 is 28.3 Å². The van der Waals surface area contributed by atoms with E-state index in [1.165, 1.54) is 18.9 Å². The van der Waals surface area contributed by atoms with Gasteiger partial charge >= 0.3 is 6.18 Å². The molecular formula is C31H29ClF3N3O2. The summed E-state index contributed by atoms with van der Waals surface area (Å²) < 4.78 is 46.1. The molecule has 0 atom stereocenters. The highest BCUT2D eigenvalue weighted by Crippen LogP contribution is 2.40. The topological polar surface area (TPSA) is 65.4 Å². The number of nitriles is 1. The summed E-state index contributed by atoms with van der Waals surface area (Å²) in [6.45, 7) is 2.42. The average Bonchev–Trinajstić information content (AvgIpc) is 3.77. The molecule has 208 valence electrons. The number of halogens is 4. The third kappa shape index (κ3) is 6.67. The molecule has 0 spiro atoms. The second kappa shape index (κ2) is 11.6. The molecule has 3 aromatic rings. The van der Waals surface area contributed by atoms with Crippen molar-refractivity contribution in [3.8, 4) is 17.2 Å². The smallest absolute Gasteiger partial charge is 0.360 e. The van der Waals surface area contributed by atoms with Gasteiger partial charge in [0.25, 0.3) is 0 Å².